The zero-order valence-electron chi connectivity index (χ0n) is 17.9. The third-order valence-corrected chi connectivity index (χ3v) is 6.03. The van der Waals surface area contributed by atoms with Crippen LogP contribution in [-0.4, -0.2) is 30.3 Å². The molecular weight excluding hydrogens is 479 g/mol. The van der Waals surface area contributed by atoms with Gasteiger partial charge < -0.3 is 10.1 Å². The summed E-state index contributed by atoms with van der Waals surface area (Å²) in [6.07, 6.45) is 0.733. The number of benzene rings is 3. The van der Waals surface area contributed by atoms with Gasteiger partial charge in [-0.05, 0) is 54.4 Å². The molecule has 0 spiro atoms. The molecular formula is C25H18Cl2N2O5. The van der Waals surface area contributed by atoms with Gasteiger partial charge in [-0.15, -0.1) is 0 Å². The Labute approximate surface area is 205 Å². The minimum atomic E-state index is -0.796. The molecule has 3 aromatic carbocycles. The first-order valence-electron chi connectivity index (χ1n) is 10.3. The highest BCUT2D eigenvalue weighted by Crippen LogP contribution is 2.33. The average Bonchev–Trinajstić information content (AvgIpc) is 3.09. The van der Waals surface area contributed by atoms with Gasteiger partial charge in [0, 0.05) is 5.69 Å². The number of anilines is 2. The lowest BCUT2D eigenvalue weighted by Crippen LogP contribution is -2.29. The number of fused-ring (bicyclic) bond motifs is 1. The van der Waals surface area contributed by atoms with E-state index in [1.807, 2.05) is 19.1 Å². The number of halogens is 2. The number of esters is 1. The summed E-state index contributed by atoms with van der Waals surface area (Å²) in [4.78, 5) is 51.4. The largest absolute Gasteiger partial charge is 0.452 e. The van der Waals surface area contributed by atoms with E-state index >= 15 is 0 Å². The predicted molar refractivity (Wildman–Crippen MR) is 129 cm³/mol. The van der Waals surface area contributed by atoms with Crippen molar-refractivity contribution in [3.8, 4) is 0 Å². The Bertz CT molecular complexity index is 1340. The number of hydrogen-bond donors (Lipinski definition) is 1. The molecule has 0 fully saturated rings. The van der Waals surface area contributed by atoms with E-state index in [-0.39, 0.29) is 32.4 Å². The van der Waals surface area contributed by atoms with E-state index in [9.17, 15) is 19.2 Å². The van der Waals surface area contributed by atoms with Gasteiger partial charge in [-0.25, -0.2) is 9.69 Å². The van der Waals surface area contributed by atoms with Crippen molar-refractivity contribution in [2.75, 3.05) is 16.8 Å². The van der Waals surface area contributed by atoms with Crippen molar-refractivity contribution in [1.29, 1.82) is 0 Å². The Morgan fingerprint density at radius 3 is 2.38 bits per heavy atom. The van der Waals surface area contributed by atoms with Crippen molar-refractivity contribution in [2.24, 2.45) is 0 Å². The van der Waals surface area contributed by atoms with Crippen LogP contribution in [0.1, 0.15) is 43.6 Å². The van der Waals surface area contributed by atoms with E-state index in [4.69, 9.17) is 27.9 Å². The van der Waals surface area contributed by atoms with Crippen LogP contribution in [0.2, 0.25) is 10.0 Å². The lowest BCUT2D eigenvalue weighted by atomic mass is 10.1. The van der Waals surface area contributed by atoms with E-state index in [1.165, 1.54) is 36.4 Å². The van der Waals surface area contributed by atoms with Crippen molar-refractivity contribution >= 4 is 58.3 Å². The number of nitrogens with zero attached hydrogens (tertiary/aromatic N) is 1. The number of amides is 3. The van der Waals surface area contributed by atoms with Crippen LogP contribution in [0.15, 0.2) is 60.7 Å². The summed E-state index contributed by atoms with van der Waals surface area (Å²) in [5.74, 6) is -2.45. The second-order valence-electron chi connectivity index (χ2n) is 7.44. The highest BCUT2D eigenvalue weighted by atomic mass is 35.5. The van der Waals surface area contributed by atoms with Gasteiger partial charge in [0.2, 0.25) is 0 Å². The maximum absolute atomic E-state index is 12.9. The molecule has 34 heavy (non-hydrogen) atoms. The minimum Gasteiger partial charge on any atom is -0.452 e. The predicted octanol–water partition coefficient (Wildman–Crippen LogP) is 5.15. The number of rotatable bonds is 6. The Morgan fingerprint density at radius 2 is 1.65 bits per heavy atom. The summed E-state index contributed by atoms with van der Waals surface area (Å²) >= 11 is 11.9. The SMILES string of the molecule is CCc1ccccc1NC(=O)COC(=O)c1ccc2c(c1)C(=O)N(c1ccc(Cl)c(Cl)c1)C2=O. The molecule has 0 atom stereocenters. The average molecular weight is 497 g/mol. The van der Waals surface area contributed by atoms with E-state index in [1.54, 1.807) is 12.1 Å². The van der Waals surface area contributed by atoms with Crippen LogP contribution in [0.4, 0.5) is 11.4 Å². The number of nitrogens with one attached hydrogen (secondary N) is 1. The Hall–Kier alpha value is -3.68. The maximum atomic E-state index is 12.9. The Kier molecular flexibility index (Phi) is 6.68. The molecule has 0 unspecified atom stereocenters. The summed E-state index contributed by atoms with van der Waals surface area (Å²) in [6, 6.07) is 15.7. The number of imide groups is 1. The molecule has 1 aliphatic heterocycles. The number of carbonyl (C=O) groups is 4. The topological polar surface area (TPSA) is 92.8 Å². The number of aryl methyl sites for hydroxylation is 1. The second kappa shape index (κ2) is 9.67. The normalized spacial score (nSPS) is 12.5. The molecule has 0 saturated carbocycles. The quantitative estimate of drug-likeness (QED) is 0.376. The first-order valence-corrected chi connectivity index (χ1v) is 11.1. The Balaban J connectivity index is 1.46. The zero-order valence-corrected chi connectivity index (χ0v) is 19.4. The zero-order chi connectivity index (χ0) is 24.4. The molecule has 1 heterocycles. The Morgan fingerprint density at radius 1 is 0.912 bits per heavy atom. The highest BCUT2D eigenvalue weighted by Gasteiger charge is 2.37. The van der Waals surface area contributed by atoms with Gasteiger partial charge in [-0.3, -0.25) is 14.4 Å². The molecule has 0 radical (unpaired) electrons. The molecule has 3 aromatic rings. The molecule has 172 valence electrons. The van der Waals surface area contributed by atoms with Gasteiger partial charge in [0.25, 0.3) is 17.7 Å². The van der Waals surface area contributed by atoms with E-state index in [0.29, 0.717) is 5.69 Å². The molecule has 1 aliphatic rings. The van der Waals surface area contributed by atoms with Crippen molar-refractivity contribution in [2.45, 2.75) is 13.3 Å². The fraction of sp³-hybridized carbons (Fsp3) is 0.120. The van der Waals surface area contributed by atoms with Gasteiger partial charge in [0.05, 0.1) is 32.4 Å². The molecule has 1 N–H and O–H groups in total. The standard InChI is InChI=1S/C25H18Cl2N2O5/c1-2-14-5-3-4-6-21(14)28-22(30)13-34-25(33)15-7-9-17-18(11-15)24(32)29(23(17)31)16-8-10-19(26)20(27)12-16/h3-12H,2,13H2,1H3,(H,28,30). The van der Waals surface area contributed by atoms with Gasteiger partial charge in [-0.1, -0.05) is 48.3 Å². The van der Waals surface area contributed by atoms with Gasteiger partial charge in [0.15, 0.2) is 6.61 Å². The molecule has 0 aromatic heterocycles. The van der Waals surface area contributed by atoms with E-state index in [0.717, 1.165) is 16.9 Å². The molecule has 7 nitrogen and oxygen atoms in total. The summed E-state index contributed by atoms with van der Waals surface area (Å²) in [6.45, 7) is 1.46. The molecule has 0 saturated heterocycles. The van der Waals surface area contributed by atoms with Crippen LogP contribution < -0.4 is 10.2 Å². The number of ether oxygens (including phenoxy) is 1. The third-order valence-electron chi connectivity index (χ3n) is 5.29. The van der Waals surface area contributed by atoms with Crippen LogP contribution >= 0.6 is 23.2 Å². The lowest BCUT2D eigenvalue weighted by Gasteiger charge is -2.14. The summed E-state index contributed by atoms with van der Waals surface area (Å²) in [5, 5.41) is 3.19. The van der Waals surface area contributed by atoms with E-state index in [2.05, 4.69) is 5.32 Å². The molecule has 3 amide bonds. The maximum Gasteiger partial charge on any atom is 0.338 e. The monoisotopic (exact) mass is 496 g/mol. The van der Waals surface area contributed by atoms with E-state index < -0.39 is 30.3 Å². The number of hydrogen-bond acceptors (Lipinski definition) is 5. The third kappa shape index (κ3) is 4.53. The van der Waals surface area contributed by atoms with Crippen molar-refractivity contribution in [3.05, 3.63) is 93.0 Å². The van der Waals surface area contributed by atoms with Crippen LogP contribution in [-0.2, 0) is 16.0 Å². The summed E-state index contributed by atoms with van der Waals surface area (Å²) in [5.41, 5.74) is 2.09. The second-order valence-corrected chi connectivity index (χ2v) is 8.25. The number of para-hydroxylation sites is 1. The fourth-order valence-electron chi connectivity index (χ4n) is 3.58. The summed E-state index contributed by atoms with van der Waals surface area (Å²) in [7, 11) is 0. The smallest absolute Gasteiger partial charge is 0.338 e. The van der Waals surface area contributed by atoms with Crippen LogP contribution in [0, 0.1) is 0 Å². The molecule has 0 bridgehead atoms. The van der Waals surface area contributed by atoms with Crippen LogP contribution in [0.5, 0.6) is 0 Å². The van der Waals surface area contributed by atoms with Gasteiger partial charge in [0.1, 0.15) is 0 Å². The van der Waals surface area contributed by atoms with Gasteiger partial charge >= 0.3 is 5.97 Å². The van der Waals surface area contributed by atoms with Crippen molar-refractivity contribution in [1.82, 2.24) is 0 Å². The summed E-state index contributed by atoms with van der Waals surface area (Å²) < 4.78 is 5.10. The van der Waals surface area contributed by atoms with Crippen LogP contribution in [0.25, 0.3) is 0 Å². The molecule has 4 rings (SSSR count). The van der Waals surface area contributed by atoms with Gasteiger partial charge in [-0.2, -0.15) is 0 Å². The molecule has 9 heteroatoms. The minimum absolute atomic E-state index is 0.0395. The first-order chi connectivity index (χ1) is 16.3. The van der Waals surface area contributed by atoms with Crippen molar-refractivity contribution in [3.63, 3.8) is 0 Å². The molecule has 0 aliphatic carbocycles. The number of carbonyl (C=O) groups excluding carboxylic acids is 4. The first kappa shape index (κ1) is 23.5. The van der Waals surface area contributed by atoms with Crippen LogP contribution in [0.3, 0.4) is 0 Å². The fourth-order valence-corrected chi connectivity index (χ4v) is 3.87. The van der Waals surface area contributed by atoms with Crippen molar-refractivity contribution < 1.29 is 23.9 Å². The lowest BCUT2D eigenvalue weighted by molar-refractivity contribution is -0.119. The highest BCUT2D eigenvalue weighted by molar-refractivity contribution is 6.42.